The Morgan fingerprint density at radius 3 is 2.45 bits per heavy atom. The van der Waals surface area contributed by atoms with Gasteiger partial charge in [0, 0.05) is 6.07 Å². The summed E-state index contributed by atoms with van der Waals surface area (Å²) in [5.74, 6) is -1.27. The van der Waals surface area contributed by atoms with Gasteiger partial charge in [-0.1, -0.05) is 11.6 Å². The van der Waals surface area contributed by atoms with Gasteiger partial charge in [0.2, 0.25) is 5.82 Å². The molecule has 1 rings (SSSR count). The van der Waals surface area contributed by atoms with Crippen molar-refractivity contribution in [3.8, 4) is 0 Å². The van der Waals surface area contributed by atoms with Crippen LogP contribution in [0.5, 0.6) is 0 Å². The first kappa shape index (κ1) is 8.26. The molecule has 11 heavy (non-hydrogen) atoms. The maximum atomic E-state index is 11.8. The SMILES string of the molecule is FC(F)(F)c1n[c]cc(Cl)n1. The second kappa shape index (κ2) is 2.65. The van der Waals surface area contributed by atoms with Crippen LogP contribution in [0.3, 0.4) is 0 Å². The Morgan fingerprint density at radius 2 is 2.09 bits per heavy atom. The quantitative estimate of drug-likeness (QED) is 0.572. The molecule has 0 spiro atoms. The Morgan fingerprint density at radius 1 is 1.45 bits per heavy atom. The van der Waals surface area contributed by atoms with E-state index in [0.717, 1.165) is 6.07 Å². The summed E-state index contributed by atoms with van der Waals surface area (Å²) in [6.45, 7) is 0. The summed E-state index contributed by atoms with van der Waals surface area (Å²) in [6.07, 6.45) is -2.58. The van der Waals surface area contributed by atoms with Gasteiger partial charge in [-0.15, -0.1) is 0 Å². The number of alkyl halides is 3. The van der Waals surface area contributed by atoms with E-state index in [2.05, 4.69) is 9.97 Å². The summed E-state index contributed by atoms with van der Waals surface area (Å²) in [5.41, 5.74) is 0. The van der Waals surface area contributed by atoms with E-state index in [1.807, 2.05) is 6.20 Å². The average molecular weight is 182 g/mol. The van der Waals surface area contributed by atoms with Crippen LogP contribution in [0.15, 0.2) is 6.07 Å². The van der Waals surface area contributed by atoms with Gasteiger partial charge in [-0.3, -0.25) is 0 Å². The van der Waals surface area contributed by atoms with Crippen molar-refractivity contribution in [2.24, 2.45) is 0 Å². The second-order valence-electron chi connectivity index (χ2n) is 1.64. The molecule has 0 saturated carbocycles. The van der Waals surface area contributed by atoms with Gasteiger partial charge in [0.05, 0.1) is 6.20 Å². The van der Waals surface area contributed by atoms with E-state index < -0.39 is 12.0 Å². The number of rotatable bonds is 0. The minimum atomic E-state index is -4.55. The predicted molar refractivity (Wildman–Crippen MR) is 30.9 cm³/mol. The number of hydrogen-bond acceptors (Lipinski definition) is 2. The molecule has 0 aliphatic rings. The van der Waals surface area contributed by atoms with Crippen molar-refractivity contribution in [1.82, 2.24) is 9.97 Å². The summed E-state index contributed by atoms with van der Waals surface area (Å²) in [5, 5.41) is -0.271. The minimum absolute atomic E-state index is 0.271. The van der Waals surface area contributed by atoms with Crippen molar-refractivity contribution in [2.45, 2.75) is 6.18 Å². The topological polar surface area (TPSA) is 25.8 Å². The molecule has 0 N–H and O–H groups in total. The Balaban J connectivity index is 3.06. The van der Waals surface area contributed by atoms with E-state index in [4.69, 9.17) is 11.6 Å². The molecule has 59 valence electrons. The first-order chi connectivity index (χ1) is 5.00. The zero-order valence-corrected chi connectivity index (χ0v) is 5.74. The van der Waals surface area contributed by atoms with Crippen LogP contribution in [0, 0.1) is 6.20 Å². The Labute approximate surface area is 65.0 Å². The van der Waals surface area contributed by atoms with E-state index in [1.54, 1.807) is 0 Å². The highest BCUT2D eigenvalue weighted by Crippen LogP contribution is 2.25. The van der Waals surface area contributed by atoms with Crippen molar-refractivity contribution in [3.63, 3.8) is 0 Å². The Bertz CT molecular complexity index is 260. The molecule has 1 radical (unpaired) electrons. The molecule has 1 aromatic rings. The zero-order valence-electron chi connectivity index (χ0n) is 4.98. The summed E-state index contributed by atoms with van der Waals surface area (Å²) >= 11 is 5.17. The van der Waals surface area contributed by atoms with Gasteiger partial charge in [-0.25, -0.2) is 9.97 Å². The molecule has 0 aliphatic carbocycles. The van der Waals surface area contributed by atoms with Crippen LogP contribution in [0.25, 0.3) is 0 Å². The average Bonchev–Trinajstić information content (AvgIpc) is 1.86. The lowest BCUT2D eigenvalue weighted by molar-refractivity contribution is -0.145. The van der Waals surface area contributed by atoms with Gasteiger partial charge in [-0.05, 0) is 0 Å². The first-order valence-electron chi connectivity index (χ1n) is 2.48. The van der Waals surface area contributed by atoms with Crippen molar-refractivity contribution in [1.29, 1.82) is 0 Å². The fourth-order valence-electron chi connectivity index (χ4n) is 0.432. The smallest absolute Gasteiger partial charge is 0.223 e. The number of hydrogen-bond donors (Lipinski definition) is 0. The number of halogens is 4. The fraction of sp³-hybridized carbons (Fsp3) is 0.200. The van der Waals surface area contributed by atoms with Crippen LogP contribution >= 0.6 is 11.6 Å². The van der Waals surface area contributed by atoms with Gasteiger partial charge >= 0.3 is 6.18 Å². The summed E-state index contributed by atoms with van der Waals surface area (Å²) in [6, 6.07) is 1.05. The van der Waals surface area contributed by atoms with Crippen LogP contribution in [0.2, 0.25) is 5.15 Å². The van der Waals surface area contributed by atoms with Crippen LogP contribution in [0.4, 0.5) is 13.2 Å². The van der Waals surface area contributed by atoms with Gasteiger partial charge < -0.3 is 0 Å². The normalized spacial score (nSPS) is 11.6. The summed E-state index contributed by atoms with van der Waals surface area (Å²) in [4.78, 5) is 5.81. The molecule has 0 fully saturated rings. The van der Waals surface area contributed by atoms with Gasteiger partial charge in [0.25, 0.3) is 0 Å². The molecule has 0 amide bonds. The van der Waals surface area contributed by atoms with Gasteiger partial charge in [0.1, 0.15) is 5.15 Å². The van der Waals surface area contributed by atoms with E-state index in [-0.39, 0.29) is 5.15 Å². The number of nitrogens with zero attached hydrogens (tertiary/aromatic N) is 2. The van der Waals surface area contributed by atoms with Crippen molar-refractivity contribution in [2.75, 3.05) is 0 Å². The maximum Gasteiger partial charge on any atom is 0.451 e. The van der Waals surface area contributed by atoms with Crippen LogP contribution in [-0.2, 0) is 6.18 Å². The fourth-order valence-corrected chi connectivity index (χ4v) is 0.561. The summed E-state index contributed by atoms with van der Waals surface area (Å²) < 4.78 is 35.3. The van der Waals surface area contributed by atoms with E-state index in [1.165, 1.54) is 0 Å². The molecule has 0 saturated heterocycles. The van der Waals surface area contributed by atoms with Gasteiger partial charge in [-0.2, -0.15) is 13.2 Å². The Kier molecular flexibility index (Phi) is 1.99. The molecule has 1 heterocycles. The van der Waals surface area contributed by atoms with Crippen molar-refractivity contribution < 1.29 is 13.2 Å². The lowest BCUT2D eigenvalue weighted by Gasteiger charge is -2.02. The zero-order chi connectivity index (χ0) is 8.48. The lowest BCUT2D eigenvalue weighted by atomic mass is 10.5. The highest BCUT2D eigenvalue weighted by molar-refractivity contribution is 6.29. The molecular formula is C5HClF3N2. The first-order valence-corrected chi connectivity index (χ1v) is 2.86. The number of aromatic nitrogens is 2. The molecule has 6 heteroatoms. The third-order valence-corrected chi connectivity index (χ3v) is 1.01. The van der Waals surface area contributed by atoms with E-state index in [9.17, 15) is 13.2 Å². The van der Waals surface area contributed by atoms with Crippen LogP contribution < -0.4 is 0 Å². The van der Waals surface area contributed by atoms with E-state index in [0.29, 0.717) is 0 Å². The molecule has 0 aliphatic heterocycles. The molecule has 0 atom stereocenters. The highest BCUT2D eigenvalue weighted by Gasteiger charge is 2.34. The van der Waals surface area contributed by atoms with Crippen LogP contribution in [0.1, 0.15) is 5.82 Å². The van der Waals surface area contributed by atoms with Crippen molar-refractivity contribution in [3.05, 3.63) is 23.2 Å². The standard InChI is InChI=1S/C5HClF3N2/c6-3-1-2-10-4(11-3)5(7,8)9/h1H. The van der Waals surface area contributed by atoms with Crippen LogP contribution in [-0.4, -0.2) is 9.97 Å². The second-order valence-corrected chi connectivity index (χ2v) is 2.03. The van der Waals surface area contributed by atoms with Crippen molar-refractivity contribution >= 4 is 11.6 Å². The lowest BCUT2D eigenvalue weighted by Crippen LogP contribution is -2.10. The van der Waals surface area contributed by atoms with E-state index >= 15 is 0 Å². The largest absolute Gasteiger partial charge is 0.451 e. The Hall–Kier alpha value is -0.840. The molecule has 0 aromatic carbocycles. The minimum Gasteiger partial charge on any atom is -0.223 e. The molecule has 0 unspecified atom stereocenters. The third kappa shape index (κ3) is 2.04. The molecule has 2 nitrogen and oxygen atoms in total. The molecule has 1 aromatic heterocycles. The predicted octanol–water partition coefficient (Wildman–Crippen LogP) is 1.95. The molecule has 0 bridgehead atoms. The third-order valence-electron chi connectivity index (χ3n) is 0.820. The molecular weight excluding hydrogens is 181 g/mol. The summed E-state index contributed by atoms with van der Waals surface area (Å²) in [7, 11) is 0. The maximum absolute atomic E-state index is 11.8. The van der Waals surface area contributed by atoms with Gasteiger partial charge in [0.15, 0.2) is 0 Å². The highest BCUT2D eigenvalue weighted by atomic mass is 35.5. The monoisotopic (exact) mass is 181 g/mol.